The van der Waals surface area contributed by atoms with Gasteiger partial charge in [0, 0.05) is 36.1 Å². The Labute approximate surface area is 116 Å². The zero-order chi connectivity index (χ0) is 13.7. The highest BCUT2D eigenvalue weighted by Gasteiger charge is 2.14. The molecular formula is C14H27N3S. The molecule has 0 saturated carbocycles. The first kappa shape index (κ1) is 15.6. The fourth-order valence-corrected chi connectivity index (χ4v) is 3.18. The van der Waals surface area contributed by atoms with Crippen LogP contribution >= 0.6 is 11.3 Å². The average molecular weight is 269 g/mol. The third-order valence-electron chi connectivity index (χ3n) is 3.32. The molecule has 0 aliphatic carbocycles. The fourth-order valence-electron chi connectivity index (χ4n) is 2.34. The van der Waals surface area contributed by atoms with Crippen molar-refractivity contribution in [2.45, 2.75) is 59.7 Å². The Bertz CT molecular complexity index is 339. The van der Waals surface area contributed by atoms with Crippen molar-refractivity contribution in [1.82, 2.24) is 15.2 Å². The summed E-state index contributed by atoms with van der Waals surface area (Å²) in [6.07, 6.45) is 0. The summed E-state index contributed by atoms with van der Waals surface area (Å²) in [7, 11) is 0. The first-order chi connectivity index (χ1) is 8.43. The number of rotatable bonds is 7. The number of hydrogen-bond acceptors (Lipinski definition) is 4. The number of nitrogens with one attached hydrogen (secondary N) is 1. The minimum absolute atomic E-state index is 0.402. The van der Waals surface area contributed by atoms with E-state index in [1.165, 1.54) is 4.88 Å². The molecule has 3 nitrogen and oxygen atoms in total. The molecule has 1 unspecified atom stereocenters. The van der Waals surface area contributed by atoms with Crippen LogP contribution in [0.5, 0.6) is 0 Å². The molecule has 1 aromatic heterocycles. The molecule has 0 spiro atoms. The molecule has 0 aliphatic rings. The van der Waals surface area contributed by atoms with Gasteiger partial charge in [-0.2, -0.15) is 0 Å². The summed E-state index contributed by atoms with van der Waals surface area (Å²) < 4.78 is 0. The minimum Gasteiger partial charge on any atom is -0.308 e. The van der Waals surface area contributed by atoms with E-state index in [1.54, 1.807) is 11.3 Å². The maximum Gasteiger partial charge on any atom is 0.0798 e. The topological polar surface area (TPSA) is 28.2 Å². The predicted octanol–water partition coefficient (Wildman–Crippen LogP) is 3.22. The van der Waals surface area contributed by atoms with Crippen LogP contribution in [0.2, 0.25) is 0 Å². The van der Waals surface area contributed by atoms with Crippen LogP contribution in [0.1, 0.15) is 51.2 Å². The lowest BCUT2D eigenvalue weighted by Gasteiger charge is -2.31. The van der Waals surface area contributed by atoms with E-state index < -0.39 is 0 Å². The van der Waals surface area contributed by atoms with Gasteiger partial charge in [0.1, 0.15) is 0 Å². The first-order valence-corrected chi connectivity index (χ1v) is 7.70. The Morgan fingerprint density at radius 1 is 1.22 bits per heavy atom. The maximum absolute atomic E-state index is 4.31. The molecule has 1 aromatic rings. The van der Waals surface area contributed by atoms with Crippen LogP contribution in [-0.4, -0.2) is 35.1 Å². The Morgan fingerprint density at radius 3 is 2.28 bits per heavy atom. The van der Waals surface area contributed by atoms with Crippen LogP contribution in [0, 0.1) is 6.92 Å². The van der Waals surface area contributed by atoms with Crippen LogP contribution < -0.4 is 5.32 Å². The molecule has 0 aromatic carbocycles. The number of aryl methyl sites for hydroxylation is 1. The second-order valence-corrected chi connectivity index (χ2v) is 6.29. The SMILES string of the molecule is Cc1ncsc1C(C)NCCN(C(C)C)C(C)C. The van der Waals surface area contributed by atoms with E-state index in [0.29, 0.717) is 18.1 Å². The van der Waals surface area contributed by atoms with Crippen molar-refractivity contribution in [1.29, 1.82) is 0 Å². The average Bonchev–Trinajstić information content (AvgIpc) is 2.69. The zero-order valence-corrected chi connectivity index (χ0v) is 13.3. The molecule has 4 heteroatoms. The Hall–Kier alpha value is -0.450. The van der Waals surface area contributed by atoms with Gasteiger partial charge >= 0.3 is 0 Å². The molecule has 1 atom stereocenters. The van der Waals surface area contributed by atoms with E-state index in [-0.39, 0.29) is 0 Å². The summed E-state index contributed by atoms with van der Waals surface area (Å²) in [6.45, 7) is 15.5. The number of nitrogens with zero attached hydrogens (tertiary/aromatic N) is 2. The summed E-state index contributed by atoms with van der Waals surface area (Å²) in [4.78, 5) is 8.18. The van der Waals surface area contributed by atoms with Gasteiger partial charge in [-0.1, -0.05) is 0 Å². The highest BCUT2D eigenvalue weighted by molar-refractivity contribution is 7.09. The van der Waals surface area contributed by atoms with Gasteiger partial charge in [0.25, 0.3) is 0 Å². The largest absolute Gasteiger partial charge is 0.308 e. The van der Waals surface area contributed by atoms with Crippen molar-refractivity contribution in [3.8, 4) is 0 Å². The van der Waals surface area contributed by atoms with Gasteiger partial charge < -0.3 is 5.32 Å². The molecule has 1 rings (SSSR count). The van der Waals surface area contributed by atoms with E-state index in [0.717, 1.165) is 18.8 Å². The van der Waals surface area contributed by atoms with E-state index in [4.69, 9.17) is 0 Å². The minimum atomic E-state index is 0.402. The molecule has 1 N–H and O–H groups in total. The van der Waals surface area contributed by atoms with Gasteiger partial charge in [-0.15, -0.1) is 11.3 Å². The van der Waals surface area contributed by atoms with Crippen LogP contribution in [-0.2, 0) is 0 Å². The molecule has 0 amide bonds. The summed E-state index contributed by atoms with van der Waals surface area (Å²) >= 11 is 1.74. The Morgan fingerprint density at radius 2 is 1.83 bits per heavy atom. The standard InChI is InChI=1S/C14H27N3S/c1-10(2)17(11(3)4)8-7-15-12(5)14-13(6)16-9-18-14/h9-12,15H,7-8H2,1-6H3. The van der Waals surface area contributed by atoms with Crippen LogP contribution in [0.4, 0.5) is 0 Å². The highest BCUT2D eigenvalue weighted by atomic mass is 32.1. The molecule has 0 fully saturated rings. The highest BCUT2D eigenvalue weighted by Crippen LogP contribution is 2.20. The van der Waals surface area contributed by atoms with Crippen molar-refractivity contribution >= 4 is 11.3 Å². The third-order valence-corrected chi connectivity index (χ3v) is 4.44. The van der Waals surface area contributed by atoms with Crippen LogP contribution in [0.3, 0.4) is 0 Å². The molecule has 0 saturated heterocycles. The lowest BCUT2D eigenvalue weighted by atomic mass is 10.2. The Balaban J connectivity index is 2.39. The summed E-state index contributed by atoms with van der Waals surface area (Å²) in [5, 5.41) is 3.59. The van der Waals surface area contributed by atoms with E-state index in [2.05, 4.69) is 56.7 Å². The summed E-state index contributed by atoms with van der Waals surface area (Å²) in [6, 6.07) is 1.61. The molecule has 0 radical (unpaired) electrons. The second kappa shape index (κ2) is 7.22. The number of thiazole rings is 1. The summed E-state index contributed by atoms with van der Waals surface area (Å²) in [5.41, 5.74) is 3.08. The zero-order valence-electron chi connectivity index (χ0n) is 12.5. The fraction of sp³-hybridized carbons (Fsp3) is 0.786. The lowest BCUT2D eigenvalue weighted by molar-refractivity contribution is 0.174. The van der Waals surface area contributed by atoms with E-state index in [9.17, 15) is 0 Å². The molecular weight excluding hydrogens is 242 g/mol. The molecule has 104 valence electrons. The smallest absolute Gasteiger partial charge is 0.0798 e. The van der Waals surface area contributed by atoms with Crippen molar-refractivity contribution in [2.75, 3.05) is 13.1 Å². The van der Waals surface area contributed by atoms with Crippen LogP contribution in [0.15, 0.2) is 5.51 Å². The predicted molar refractivity (Wildman–Crippen MR) is 80.2 cm³/mol. The summed E-state index contributed by atoms with van der Waals surface area (Å²) in [5.74, 6) is 0. The van der Waals surface area contributed by atoms with E-state index in [1.807, 2.05) is 5.51 Å². The lowest BCUT2D eigenvalue weighted by Crippen LogP contribution is -2.41. The van der Waals surface area contributed by atoms with Gasteiger partial charge in [-0.3, -0.25) is 4.90 Å². The van der Waals surface area contributed by atoms with Crippen molar-refractivity contribution in [3.63, 3.8) is 0 Å². The van der Waals surface area contributed by atoms with Crippen LogP contribution in [0.25, 0.3) is 0 Å². The van der Waals surface area contributed by atoms with Gasteiger partial charge in [-0.05, 0) is 41.5 Å². The quantitative estimate of drug-likeness (QED) is 0.824. The monoisotopic (exact) mass is 269 g/mol. The molecule has 1 heterocycles. The number of hydrogen-bond donors (Lipinski definition) is 1. The van der Waals surface area contributed by atoms with Gasteiger partial charge in [0.05, 0.1) is 11.2 Å². The maximum atomic E-state index is 4.31. The number of aromatic nitrogens is 1. The normalized spacial score (nSPS) is 13.8. The second-order valence-electron chi connectivity index (χ2n) is 5.40. The Kier molecular flexibility index (Phi) is 6.26. The van der Waals surface area contributed by atoms with Gasteiger partial charge in [-0.25, -0.2) is 4.98 Å². The first-order valence-electron chi connectivity index (χ1n) is 6.82. The third kappa shape index (κ3) is 4.34. The molecule has 0 bridgehead atoms. The molecule has 18 heavy (non-hydrogen) atoms. The van der Waals surface area contributed by atoms with Gasteiger partial charge in [0.2, 0.25) is 0 Å². The molecule has 0 aliphatic heterocycles. The van der Waals surface area contributed by atoms with E-state index >= 15 is 0 Å². The van der Waals surface area contributed by atoms with Crippen molar-refractivity contribution in [3.05, 3.63) is 16.1 Å². The van der Waals surface area contributed by atoms with Crippen molar-refractivity contribution in [2.24, 2.45) is 0 Å². The van der Waals surface area contributed by atoms with Crippen molar-refractivity contribution < 1.29 is 0 Å². The van der Waals surface area contributed by atoms with Gasteiger partial charge in [0.15, 0.2) is 0 Å².